The average Bonchev–Trinajstić information content (AvgIpc) is 4.03. The number of imidazole rings is 1. The van der Waals surface area contributed by atoms with E-state index in [2.05, 4.69) is 73.3 Å². The normalized spacial score (nSPS) is 18.7. The molecule has 2 fully saturated rings. The number of aromatic nitrogens is 2. The largest absolute Gasteiger partial charge is 0.453 e. The van der Waals surface area contributed by atoms with Crippen molar-refractivity contribution in [1.82, 2.24) is 30.4 Å². The van der Waals surface area contributed by atoms with Gasteiger partial charge in [0, 0.05) is 13.1 Å². The fraction of sp³-hybridized carbons (Fsp3) is 0.422. The fourth-order valence-electron chi connectivity index (χ4n) is 7.59. The number of methoxy groups -OCH3 is 2. The van der Waals surface area contributed by atoms with Crippen LogP contribution in [0.15, 0.2) is 71.9 Å². The maximum Gasteiger partial charge on any atom is 0.407 e. The Kier molecular flexibility index (Phi) is 14.6. The number of nitrogens with zero attached hydrogens (tertiary/aromatic N) is 4. The first-order chi connectivity index (χ1) is 28.3. The number of nitrogens with one attached hydrogen (secondary N) is 3. The molecule has 2 saturated heterocycles. The maximum atomic E-state index is 13.9. The number of benzene rings is 2. The molecule has 1 aromatic heterocycles. The van der Waals surface area contributed by atoms with E-state index in [4.69, 9.17) is 15.5 Å². The van der Waals surface area contributed by atoms with Gasteiger partial charge in [0.2, 0.25) is 11.8 Å². The summed E-state index contributed by atoms with van der Waals surface area (Å²) < 4.78 is 9.44. The SMILES string of the molecule is C/C=C(/c1ccc(-c2ccccc2)cc1)C(C)(C#CC#Cc1cnc([C@@H]2CCCN2C(=O)[C@@H](C)NC(=O)OC)[nH]1)/N=C(\N)[C@@H]1CCCN1C(=O)[C@@H](NC(=O)OC)C(C)C. The van der Waals surface area contributed by atoms with Crippen LogP contribution in [0.2, 0.25) is 0 Å². The first kappa shape index (κ1) is 43.6. The number of hydrogen-bond donors (Lipinski definition) is 4. The van der Waals surface area contributed by atoms with E-state index < -0.39 is 35.9 Å². The van der Waals surface area contributed by atoms with Crippen molar-refractivity contribution in [1.29, 1.82) is 0 Å². The molecule has 1 unspecified atom stereocenters. The molecule has 2 aromatic carbocycles. The molecule has 59 heavy (non-hydrogen) atoms. The van der Waals surface area contributed by atoms with Gasteiger partial charge in [0.05, 0.1) is 32.5 Å². The number of aromatic amines is 1. The highest BCUT2D eigenvalue weighted by Crippen LogP contribution is 2.34. The third kappa shape index (κ3) is 10.5. The number of likely N-dealkylation sites (tertiary alicyclic amines) is 2. The van der Waals surface area contributed by atoms with Crippen molar-refractivity contribution in [3.8, 4) is 34.8 Å². The molecular weight excluding hydrogens is 749 g/mol. The van der Waals surface area contributed by atoms with Gasteiger partial charge in [-0.1, -0.05) is 80.4 Å². The predicted octanol–water partition coefficient (Wildman–Crippen LogP) is 5.43. The second kappa shape index (κ2) is 19.7. The van der Waals surface area contributed by atoms with Crippen LogP contribution in [0.4, 0.5) is 9.59 Å². The third-order valence-electron chi connectivity index (χ3n) is 10.6. The number of nitrogens with two attached hydrogens (primary N) is 1. The molecule has 5 rings (SSSR count). The van der Waals surface area contributed by atoms with Crippen LogP contribution < -0.4 is 16.4 Å². The Morgan fingerprint density at radius 3 is 2.22 bits per heavy atom. The van der Waals surface area contributed by atoms with Crippen molar-refractivity contribution in [3.63, 3.8) is 0 Å². The second-order valence-corrected chi connectivity index (χ2v) is 15.0. The molecule has 2 aliphatic rings. The number of allylic oxidation sites excluding steroid dienone is 1. The molecule has 0 aliphatic carbocycles. The summed E-state index contributed by atoms with van der Waals surface area (Å²) in [6, 6.07) is 15.9. The number of aliphatic imine (C=N–C) groups is 1. The standard InChI is InChI=1S/C45H54N8O6/c1-8-35(33-23-21-32(22-24-33)31-16-10-9-11-17-31)45(5,51-39(46)36-19-14-26-52(36)42(55)38(29(2)3)50-44(57)59-7)25-13-12-18-34-28-47-40(49-34)37-20-15-27-53(37)41(54)30(4)48-43(56)58-6/h8-11,16-17,21-24,28-30,36-38H,14-15,19-20,26-27H2,1-7H3,(H2,46,51)(H,47,49)(H,48,56)(H,50,57)/b35-8-/t30-,36+,37+,38+,45?/m1/s1. The number of ether oxygens (including phenoxy) is 2. The molecule has 5 atom stereocenters. The number of H-pyrrole nitrogens is 1. The van der Waals surface area contributed by atoms with Crippen LogP contribution in [0, 0.1) is 29.6 Å². The lowest BCUT2D eigenvalue weighted by Crippen LogP contribution is -2.55. The summed E-state index contributed by atoms with van der Waals surface area (Å²) in [5.74, 6) is 12.4. The van der Waals surface area contributed by atoms with Gasteiger partial charge in [-0.2, -0.15) is 0 Å². The third-order valence-corrected chi connectivity index (χ3v) is 10.6. The molecule has 14 heteroatoms. The fourth-order valence-corrected chi connectivity index (χ4v) is 7.59. The topological polar surface area (TPSA) is 184 Å². The molecule has 0 bridgehead atoms. The van der Waals surface area contributed by atoms with E-state index in [-0.39, 0.29) is 29.6 Å². The number of hydrogen-bond acceptors (Lipinski definition) is 8. The Morgan fingerprint density at radius 1 is 0.915 bits per heavy atom. The van der Waals surface area contributed by atoms with Crippen LogP contribution in [0.3, 0.4) is 0 Å². The molecule has 0 radical (unpaired) electrons. The first-order valence-corrected chi connectivity index (χ1v) is 19.9. The summed E-state index contributed by atoms with van der Waals surface area (Å²) in [6.07, 6.45) is 5.00. The highest BCUT2D eigenvalue weighted by Gasteiger charge is 2.39. The Labute approximate surface area is 346 Å². The van der Waals surface area contributed by atoms with Gasteiger partial charge in [-0.15, -0.1) is 0 Å². The minimum absolute atomic E-state index is 0.200. The summed E-state index contributed by atoms with van der Waals surface area (Å²) >= 11 is 0. The highest BCUT2D eigenvalue weighted by molar-refractivity contribution is 5.95. The Balaban J connectivity index is 1.45. The smallest absolute Gasteiger partial charge is 0.407 e. The van der Waals surface area contributed by atoms with Crippen LogP contribution in [0.25, 0.3) is 16.7 Å². The molecule has 14 nitrogen and oxygen atoms in total. The molecule has 2 aliphatic heterocycles. The molecule has 4 amide bonds. The van der Waals surface area contributed by atoms with Gasteiger partial charge < -0.3 is 40.6 Å². The minimum Gasteiger partial charge on any atom is -0.453 e. The Morgan fingerprint density at radius 2 is 1.56 bits per heavy atom. The lowest BCUT2D eigenvalue weighted by molar-refractivity contribution is -0.134. The number of carbonyl (C=O) groups is 4. The lowest BCUT2D eigenvalue weighted by Gasteiger charge is -2.32. The van der Waals surface area contributed by atoms with Crippen LogP contribution in [0.1, 0.15) is 83.4 Å². The van der Waals surface area contributed by atoms with Crippen LogP contribution in [0.5, 0.6) is 0 Å². The van der Waals surface area contributed by atoms with Crippen molar-refractivity contribution in [2.24, 2.45) is 16.6 Å². The second-order valence-electron chi connectivity index (χ2n) is 15.0. The van der Waals surface area contributed by atoms with Gasteiger partial charge in [-0.05, 0) is 92.4 Å². The van der Waals surface area contributed by atoms with Crippen molar-refractivity contribution in [2.75, 3.05) is 27.3 Å². The summed E-state index contributed by atoms with van der Waals surface area (Å²) in [4.78, 5) is 67.2. The number of alkyl carbamates (subject to hydrolysis) is 2. The summed E-state index contributed by atoms with van der Waals surface area (Å²) in [6.45, 7) is 10.1. The van der Waals surface area contributed by atoms with Crippen molar-refractivity contribution in [2.45, 2.75) is 90.0 Å². The molecule has 3 aromatic rings. The molecule has 310 valence electrons. The average molecular weight is 803 g/mol. The molecule has 3 heterocycles. The minimum atomic E-state index is -1.19. The molecule has 5 N–H and O–H groups in total. The predicted molar refractivity (Wildman–Crippen MR) is 226 cm³/mol. The number of amides is 4. The van der Waals surface area contributed by atoms with E-state index in [0.717, 1.165) is 28.7 Å². The maximum absolute atomic E-state index is 13.9. The van der Waals surface area contributed by atoms with Crippen LogP contribution in [-0.2, 0) is 19.1 Å². The zero-order valence-electron chi connectivity index (χ0n) is 34.8. The van der Waals surface area contributed by atoms with Gasteiger partial charge in [0.15, 0.2) is 0 Å². The molecule has 0 saturated carbocycles. The summed E-state index contributed by atoms with van der Waals surface area (Å²) in [5, 5.41) is 5.21. The summed E-state index contributed by atoms with van der Waals surface area (Å²) in [5.41, 5.74) is 10.0. The van der Waals surface area contributed by atoms with Gasteiger partial charge in [-0.3, -0.25) is 9.59 Å². The van der Waals surface area contributed by atoms with Crippen molar-refractivity contribution < 1.29 is 28.7 Å². The van der Waals surface area contributed by atoms with Gasteiger partial charge in [0.25, 0.3) is 0 Å². The Bertz CT molecular complexity index is 2170. The van der Waals surface area contributed by atoms with Gasteiger partial charge in [-0.25, -0.2) is 19.6 Å². The van der Waals surface area contributed by atoms with Gasteiger partial charge in [0.1, 0.15) is 35.0 Å². The van der Waals surface area contributed by atoms with E-state index in [1.165, 1.54) is 14.2 Å². The molecule has 0 spiro atoms. The number of amidine groups is 1. The van der Waals surface area contributed by atoms with Crippen LogP contribution in [-0.4, -0.2) is 101 Å². The van der Waals surface area contributed by atoms with E-state index in [1.807, 2.05) is 64.1 Å². The van der Waals surface area contributed by atoms with Crippen molar-refractivity contribution in [3.05, 3.63) is 84.0 Å². The van der Waals surface area contributed by atoms with Gasteiger partial charge >= 0.3 is 12.2 Å². The number of carbonyl (C=O) groups excluding carboxylic acids is 4. The first-order valence-electron chi connectivity index (χ1n) is 19.9. The zero-order valence-corrected chi connectivity index (χ0v) is 34.8. The number of rotatable bonds is 11. The lowest BCUT2D eigenvalue weighted by atomic mass is 9.86. The monoisotopic (exact) mass is 802 g/mol. The van der Waals surface area contributed by atoms with E-state index in [9.17, 15) is 19.2 Å². The van der Waals surface area contributed by atoms with E-state index in [1.54, 1.807) is 22.9 Å². The van der Waals surface area contributed by atoms with Crippen LogP contribution >= 0.6 is 0 Å². The highest BCUT2D eigenvalue weighted by atomic mass is 16.5. The molecular formula is C45H54N8O6. The summed E-state index contributed by atoms with van der Waals surface area (Å²) in [7, 11) is 2.51. The Hall–Kier alpha value is -6.54. The van der Waals surface area contributed by atoms with Crippen molar-refractivity contribution >= 4 is 35.4 Å². The van der Waals surface area contributed by atoms with E-state index >= 15 is 0 Å². The quantitative estimate of drug-likeness (QED) is 0.112. The zero-order chi connectivity index (χ0) is 42.7. The van der Waals surface area contributed by atoms with E-state index in [0.29, 0.717) is 43.9 Å².